The quantitative estimate of drug-likeness (QED) is 0.515. The molecule has 0 spiro atoms. The van der Waals surface area contributed by atoms with Crippen molar-refractivity contribution in [2.45, 2.75) is 0 Å². The number of carbonyl (C=O) groups excluding carboxylic acids is 2. The van der Waals surface area contributed by atoms with Crippen molar-refractivity contribution in [3.05, 3.63) is 65.3 Å². The van der Waals surface area contributed by atoms with Gasteiger partial charge in [0, 0.05) is 17.2 Å². The first kappa shape index (κ1) is 17.2. The van der Waals surface area contributed by atoms with E-state index in [2.05, 4.69) is 20.9 Å². The lowest BCUT2D eigenvalue weighted by Gasteiger charge is -2.05. The SMILES string of the molecule is O=C1NC(=S)SC1=Cc1ccc(-c2cccc(C(=O)Nn3cnnc3)c2)o1. The molecular weight excluding hydrogens is 386 g/mol. The van der Waals surface area contributed by atoms with Crippen LogP contribution in [0.2, 0.25) is 0 Å². The fourth-order valence-electron chi connectivity index (χ4n) is 2.39. The molecule has 10 heteroatoms. The summed E-state index contributed by atoms with van der Waals surface area (Å²) in [5.74, 6) is 0.548. The van der Waals surface area contributed by atoms with E-state index in [1.54, 1.807) is 36.4 Å². The smallest absolute Gasteiger partial charge is 0.270 e. The molecule has 0 aliphatic carbocycles. The summed E-state index contributed by atoms with van der Waals surface area (Å²) in [5, 5.41) is 9.81. The lowest BCUT2D eigenvalue weighted by molar-refractivity contribution is -0.115. The molecule has 1 aliphatic heterocycles. The van der Waals surface area contributed by atoms with Crippen molar-refractivity contribution < 1.29 is 14.0 Å². The van der Waals surface area contributed by atoms with Crippen LogP contribution >= 0.6 is 24.0 Å². The summed E-state index contributed by atoms with van der Waals surface area (Å²) in [6.45, 7) is 0. The molecule has 0 atom stereocenters. The van der Waals surface area contributed by atoms with Crippen molar-refractivity contribution in [1.29, 1.82) is 0 Å². The number of thiocarbonyl (C=S) groups is 1. The number of thioether (sulfide) groups is 1. The van der Waals surface area contributed by atoms with Crippen LogP contribution in [-0.2, 0) is 4.79 Å². The van der Waals surface area contributed by atoms with Gasteiger partial charge in [0.2, 0.25) is 0 Å². The average molecular weight is 397 g/mol. The van der Waals surface area contributed by atoms with Gasteiger partial charge in [-0.15, -0.1) is 10.2 Å². The topological polar surface area (TPSA) is 102 Å². The third-order valence-electron chi connectivity index (χ3n) is 3.60. The van der Waals surface area contributed by atoms with Crippen LogP contribution in [0.25, 0.3) is 17.4 Å². The summed E-state index contributed by atoms with van der Waals surface area (Å²) in [6, 6.07) is 10.5. The second-order valence-electron chi connectivity index (χ2n) is 5.45. The minimum atomic E-state index is -0.307. The molecular formula is C17H11N5O3S2. The summed E-state index contributed by atoms with van der Waals surface area (Å²) in [4.78, 5) is 24.5. The fourth-order valence-corrected chi connectivity index (χ4v) is 3.41. The molecule has 1 aromatic carbocycles. The van der Waals surface area contributed by atoms with Crippen molar-refractivity contribution in [2.24, 2.45) is 0 Å². The van der Waals surface area contributed by atoms with Crippen LogP contribution in [0.15, 0.2) is 58.4 Å². The van der Waals surface area contributed by atoms with Crippen molar-refractivity contribution in [3.63, 3.8) is 0 Å². The van der Waals surface area contributed by atoms with Crippen LogP contribution in [0.5, 0.6) is 0 Å². The monoisotopic (exact) mass is 397 g/mol. The van der Waals surface area contributed by atoms with Crippen molar-refractivity contribution >= 4 is 46.2 Å². The van der Waals surface area contributed by atoms with E-state index in [9.17, 15) is 9.59 Å². The Morgan fingerprint density at radius 1 is 1.26 bits per heavy atom. The first-order valence-corrected chi connectivity index (χ1v) is 8.92. The van der Waals surface area contributed by atoms with Crippen LogP contribution in [0, 0.1) is 0 Å². The van der Waals surface area contributed by atoms with Gasteiger partial charge in [-0.3, -0.25) is 15.0 Å². The van der Waals surface area contributed by atoms with Crippen LogP contribution < -0.4 is 10.7 Å². The molecule has 1 fully saturated rings. The van der Waals surface area contributed by atoms with Gasteiger partial charge >= 0.3 is 0 Å². The summed E-state index contributed by atoms with van der Waals surface area (Å²) in [7, 11) is 0. The van der Waals surface area contributed by atoms with Gasteiger partial charge in [-0.1, -0.05) is 36.1 Å². The Balaban J connectivity index is 1.55. The Morgan fingerprint density at radius 2 is 2.07 bits per heavy atom. The molecule has 1 aliphatic rings. The third kappa shape index (κ3) is 3.81. The van der Waals surface area contributed by atoms with Crippen molar-refractivity contribution in [3.8, 4) is 11.3 Å². The van der Waals surface area contributed by atoms with Crippen LogP contribution in [0.3, 0.4) is 0 Å². The zero-order valence-corrected chi connectivity index (χ0v) is 15.2. The first-order chi connectivity index (χ1) is 13.1. The van der Waals surface area contributed by atoms with Gasteiger partial charge in [0.1, 0.15) is 28.5 Å². The van der Waals surface area contributed by atoms with Gasteiger partial charge in [-0.05, 0) is 24.3 Å². The minimum absolute atomic E-state index is 0.240. The molecule has 3 heterocycles. The van der Waals surface area contributed by atoms with Gasteiger partial charge in [-0.25, -0.2) is 4.68 Å². The molecule has 1 saturated heterocycles. The molecule has 27 heavy (non-hydrogen) atoms. The molecule has 0 radical (unpaired) electrons. The lowest BCUT2D eigenvalue weighted by Crippen LogP contribution is -2.21. The number of hydrogen-bond donors (Lipinski definition) is 2. The summed E-state index contributed by atoms with van der Waals surface area (Å²) < 4.78 is 7.57. The molecule has 0 saturated carbocycles. The standard InChI is InChI=1S/C17H11N5O3S2/c23-15(21-22-8-18-19-9-22)11-3-1-2-10(6-11)13-5-4-12(25-13)7-14-16(24)20-17(26)27-14/h1-9H,(H,21,23)(H,20,24,26). The number of furan rings is 1. The van der Waals surface area contributed by atoms with Gasteiger partial charge in [0.15, 0.2) is 0 Å². The second kappa shape index (κ2) is 7.17. The molecule has 8 nitrogen and oxygen atoms in total. The highest BCUT2D eigenvalue weighted by molar-refractivity contribution is 8.26. The number of nitrogens with zero attached hydrogens (tertiary/aromatic N) is 3. The van der Waals surface area contributed by atoms with Gasteiger partial charge in [-0.2, -0.15) is 0 Å². The van der Waals surface area contributed by atoms with Gasteiger partial charge in [0.05, 0.1) is 4.91 Å². The molecule has 0 unspecified atom stereocenters. The molecule has 2 aromatic heterocycles. The Bertz CT molecular complexity index is 1070. The number of rotatable bonds is 4. The Labute approximate surface area is 162 Å². The molecule has 2 N–H and O–H groups in total. The Hall–Kier alpha value is -3.24. The molecule has 0 bridgehead atoms. The predicted octanol–water partition coefficient (Wildman–Crippen LogP) is 2.41. The maximum atomic E-state index is 12.3. The van der Waals surface area contributed by atoms with E-state index in [0.29, 0.717) is 26.3 Å². The number of hydrogen-bond acceptors (Lipinski definition) is 7. The molecule has 134 valence electrons. The molecule has 2 amide bonds. The van der Waals surface area contributed by atoms with Crippen molar-refractivity contribution in [2.75, 3.05) is 5.43 Å². The van der Waals surface area contributed by atoms with Crippen molar-refractivity contribution in [1.82, 2.24) is 20.2 Å². The highest BCUT2D eigenvalue weighted by Gasteiger charge is 2.22. The first-order valence-electron chi connectivity index (χ1n) is 7.69. The minimum Gasteiger partial charge on any atom is -0.457 e. The maximum Gasteiger partial charge on any atom is 0.270 e. The van der Waals surface area contributed by atoms with E-state index in [-0.39, 0.29) is 11.8 Å². The van der Waals surface area contributed by atoms with Crippen LogP contribution in [0.4, 0.5) is 0 Å². The highest BCUT2D eigenvalue weighted by atomic mass is 32.2. The number of nitrogens with one attached hydrogen (secondary N) is 2. The zero-order valence-electron chi connectivity index (χ0n) is 13.6. The summed E-state index contributed by atoms with van der Waals surface area (Å²) >= 11 is 6.15. The van der Waals surface area contributed by atoms with E-state index in [0.717, 1.165) is 5.56 Å². The highest BCUT2D eigenvalue weighted by Crippen LogP contribution is 2.29. The fraction of sp³-hybridized carbons (Fsp3) is 0. The molecule has 3 aromatic rings. The van der Waals surface area contributed by atoms with E-state index >= 15 is 0 Å². The maximum absolute atomic E-state index is 12.3. The zero-order chi connectivity index (χ0) is 18.8. The largest absolute Gasteiger partial charge is 0.457 e. The van der Waals surface area contributed by atoms with Crippen LogP contribution in [0.1, 0.15) is 16.1 Å². The normalized spacial score (nSPS) is 15.2. The number of benzene rings is 1. The van der Waals surface area contributed by atoms with Crippen LogP contribution in [-0.4, -0.2) is 31.0 Å². The van der Waals surface area contributed by atoms with Gasteiger partial charge in [0.25, 0.3) is 11.8 Å². The third-order valence-corrected chi connectivity index (χ3v) is 4.76. The van der Waals surface area contributed by atoms with E-state index < -0.39 is 0 Å². The number of aromatic nitrogens is 3. The van der Waals surface area contributed by atoms with Gasteiger partial charge < -0.3 is 9.73 Å². The second-order valence-corrected chi connectivity index (χ2v) is 7.16. The predicted molar refractivity (Wildman–Crippen MR) is 104 cm³/mol. The van der Waals surface area contributed by atoms with E-state index in [1.165, 1.54) is 29.1 Å². The number of carbonyl (C=O) groups is 2. The number of amides is 2. The van der Waals surface area contributed by atoms with E-state index in [1.807, 2.05) is 6.07 Å². The average Bonchev–Trinajstić information content (AvgIpc) is 3.38. The lowest BCUT2D eigenvalue weighted by atomic mass is 10.1. The van der Waals surface area contributed by atoms with E-state index in [4.69, 9.17) is 16.6 Å². The summed E-state index contributed by atoms with van der Waals surface area (Å²) in [5.41, 5.74) is 3.82. The Morgan fingerprint density at radius 3 is 2.81 bits per heavy atom. The summed E-state index contributed by atoms with van der Waals surface area (Å²) in [6.07, 6.45) is 4.40. The molecule has 4 rings (SSSR count). The Kier molecular flexibility index (Phi) is 4.57.